The summed E-state index contributed by atoms with van der Waals surface area (Å²) in [6.07, 6.45) is 3.87. The lowest BCUT2D eigenvalue weighted by molar-refractivity contribution is -0.122. The van der Waals surface area contributed by atoms with Crippen LogP contribution in [-0.2, 0) is 9.59 Å². The van der Waals surface area contributed by atoms with Crippen LogP contribution in [0.4, 0.5) is 0 Å². The molecule has 0 radical (unpaired) electrons. The molecular formula is C21H20O6. The van der Waals surface area contributed by atoms with E-state index >= 15 is 0 Å². The maximum Gasteiger partial charge on any atom is 0.166 e. The molecule has 4 N–H and O–H groups in total. The minimum absolute atomic E-state index is 0.211. The van der Waals surface area contributed by atoms with Gasteiger partial charge in [0, 0.05) is 0 Å². The molecule has 0 saturated heterocycles. The monoisotopic (exact) mass is 368 g/mol. The van der Waals surface area contributed by atoms with Gasteiger partial charge in [0.25, 0.3) is 0 Å². The lowest BCUT2D eigenvalue weighted by Crippen LogP contribution is -2.06. The predicted octanol–water partition coefficient (Wildman–Crippen LogP) is 3.46. The van der Waals surface area contributed by atoms with Crippen LogP contribution < -0.4 is 0 Å². The van der Waals surface area contributed by atoms with E-state index < -0.39 is 5.78 Å². The van der Waals surface area contributed by atoms with Crippen LogP contribution in [-0.4, -0.2) is 32.0 Å². The summed E-state index contributed by atoms with van der Waals surface area (Å²) in [5, 5.41) is 37.9. The largest absolute Gasteiger partial charge is 0.504 e. The maximum absolute atomic E-state index is 12.2. The van der Waals surface area contributed by atoms with Crippen LogP contribution in [0, 0.1) is 6.92 Å². The van der Waals surface area contributed by atoms with Crippen molar-refractivity contribution in [3.8, 4) is 23.0 Å². The fourth-order valence-corrected chi connectivity index (χ4v) is 2.39. The zero-order valence-electron chi connectivity index (χ0n) is 14.9. The molecule has 2 rings (SSSR count). The molecule has 0 heterocycles. The Hall–Kier alpha value is -3.54. The summed E-state index contributed by atoms with van der Waals surface area (Å²) in [6, 6.07) is 7.06. The van der Waals surface area contributed by atoms with E-state index in [0.29, 0.717) is 22.3 Å². The first-order valence-corrected chi connectivity index (χ1v) is 8.14. The van der Waals surface area contributed by atoms with E-state index in [9.17, 15) is 30.0 Å². The lowest BCUT2D eigenvalue weighted by Gasteiger charge is -2.05. The number of aromatic hydroxyl groups is 4. The zero-order valence-corrected chi connectivity index (χ0v) is 14.9. The second-order valence-corrected chi connectivity index (χ2v) is 6.18. The molecule has 0 saturated carbocycles. The van der Waals surface area contributed by atoms with Crippen molar-refractivity contribution in [1.82, 2.24) is 0 Å². The average molecular weight is 368 g/mol. The first-order valence-electron chi connectivity index (χ1n) is 8.14. The average Bonchev–Trinajstić information content (AvgIpc) is 2.60. The van der Waals surface area contributed by atoms with Crippen LogP contribution in [0.3, 0.4) is 0 Å². The van der Waals surface area contributed by atoms with Gasteiger partial charge in [0.2, 0.25) is 0 Å². The summed E-state index contributed by atoms with van der Waals surface area (Å²) < 4.78 is 0. The van der Waals surface area contributed by atoms with Gasteiger partial charge in [0.05, 0.1) is 6.42 Å². The van der Waals surface area contributed by atoms with Crippen LogP contribution in [0.15, 0.2) is 42.0 Å². The van der Waals surface area contributed by atoms with E-state index in [4.69, 9.17) is 0 Å². The van der Waals surface area contributed by atoms with Gasteiger partial charge in [-0.25, -0.2) is 0 Å². The highest BCUT2D eigenvalue weighted by molar-refractivity contribution is 6.13. The van der Waals surface area contributed by atoms with Crippen LogP contribution in [0.5, 0.6) is 23.0 Å². The minimum Gasteiger partial charge on any atom is -0.504 e. The summed E-state index contributed by atoms with van der Waals surface area (Å²) >= 11 is 0. The molecule has 0 aliphatic heterocycles. The van der Waals surface area contributed by atoms with Crippen molar-refractivity contribution < 1.29 is 30.0 Å². The van der Waals surface area contributed by atoms with Crippen LogP contribution in [0.2, 0.25) is 0 Å². The van der Waals surface area contributed by atoms with Crippen molar-refractivity contribution in [3.63, 3.8) is 0 Å². The molecule has 6 nitrogen and oxygen atoms in total. The van der Waals surface area contributed by atoms with Gasteiger partial charge in [-0.15, -0.1) is 0 Å². The number of carbonyl (C=O) groups is 2. The van der Waals surface area contributed by atoms with Crippen molar-refractivity contribution in [3.05, 3.63) is 58.7 Å². The number of phenols is 4. The van der Waals surface area contributed by atoms with Gasteiger partial charge in [-0.1, -0.05) is 12.1 Å². The highest BCUT2D eigenvalue weighted by Gasteiger charge is 2.11. The third-order valence-corrected chi connectivity index (χ3v) is 3.92. The molecule has 0 fully saturated rings. The molecule has 27 heavy (non-hydrogen) atoms. The fraction of sp³-hybridized carbons (Fsp3) is 0.143. The van der Waals surface area contributed by atoms with E-state index in [-0.39, 0.29) is 35.2 Å². The van der Waals surface area contributed by atoms with Gasteiger partial charge in [0.15, 0.2) is 34.6 Å². The van der Waals surface area contributed by atoms with E-state index in [2.05, 4.69) is 0 Å². The Morgan fingerprint density at radius 1 is 0.926 bits per heavy atom. The van der Waals surface area contributed by atoms with Gasteiger partial charge in [-0.2, -0.15) is 0 Å². The number of hydrogen-bond donors (Lipinski definition) is 4. The number of allylic oxidation sites excluding steroid dienone is 2. The van der Waals surface area contributed by atoms with Crippen LogP contribution in [0.1, 0.15) is 30.0 Å². The van der Waals surface area contributed by atoms with Crippen molar-refractivity contribution in [2.45, 2.75) is 20.3 Å². The third-order valence-electron chi connectivity index (χ3n) is 3.92. The Balaban J connectivity index is 2.05. The first kappa shape index (κ1) is 19.8. The highest BCUT2D eigenvalue weighted by atomic mass is 16.3. The Morgan fingerprint density at radius 2 is 1.59 bits per heavy atom. The molecule has 0 amide bonds. The molecular weight excluding hydrogens is 348 g/mol. The van der Waals surface area contributed by atoms with Crippen LogP contribution >= 0.6 is 0 Å². The van der Waals surface area contributed by atoms with Gasteiger partial charge in [0.1, 0.15) is 0 Å². The van der Waals surface area contributed by atoms with Gasteiger partial charge in [-0.3, -0.25) is 9.59 Å². The highest BCUT2D eigenvalue weighted by Crippen LogP contribution is 2.30. The second-order valence-electron chi connectivity index (χ2n) is 6.18. The van der Waals surface area contributed by atoms with E-state index in [0.717, 1.165) is 0 Å². The van der Waals surface area contributed by atoms with Gasteiger partial charge in [-0.05, 0) is 72.5 Å². The maximum atomic E-state index is 12.2. The third kappa shape index (κ3) is 5.22. The molecule has 0 spiro atoms. The van der Waals surface area contributed by atoms with Crippen molar-refractivity contribution in [1.29, 1.82) is 0 Å². The summed E-state index contributed by atoms with van der Waals surface area (Å²) in [5.74, 6) is -1.83. The molecule has 6 heteroatoms. The summed E-state index contributed by atoms with van der Waals surface area (Å²) in [5.41, 5.74) is 1.85. The standard InChI is InChI=1S/C21H20O6/c1-12(7-15-8-13(2)21(27)20(26)10-15)18(24)11-16(22)5-3-14-4-6-17(23)19(25)9-14/h3-10,23,25-27H,11H2,1-2H3/b5-3+,12-7+. The van der Waals surface area contributed by atoms with E-state index in [1.54, 1.807) is 19.9 Å². The van der Waals surface area contributed by atoms with Crippen LogP contribution in [0.25, 0.3) is 12.2 Å². The predicted molar refractivity (Wildman–Crippen MR) is 102 cm³/mol. The molecule has 0 aromatic heterocycles. The lowest BCUT2D eigenvalue weighted by atomic mass is 10.0. The molecule has 0 atom stereocenters. The topological polar surface area (TPSA) is 115 Å². The molecule has 2 aromatic carbocycles. The summed E-state index contributed by atoms with van der Waals surface area (Å²) in [7, 11) is 0. The molecule has 0 aliphatic rings. The Morgan fingerprint density at radius 3 is 2.22 bits per heavy atom. The summed E-state index contributed by atoms with van der Waals surface area (Å²) in [4.78, 5) is 24.2. The fourth-order valence-electron chi connectivity index (χ4n) is 2.39. The second kappa shape index (κ2) is 8.23. The number of phenolic OH excluding ortho intramolecular Hbond substituents is 4. The van der Waals surface area contributed by atoms with Gasteiger partial charge < -0.3 is 20.4 Å². The molecule has 0 aliphatic carbocycles. The van der Waals surface area contributed by atoms with E-state index in [1.807, 2.05) is 0 Å². The number of aryl methyl sites for hydroxylation is 1. The number of rotatable bonds is 6. The molecule has 0 bridgehead atoms. The smallest absolute Gasteiger partial charge is 0.166 e. The number of hydrogen-bond acceptors (Lipinski definition) is 6. The van der Waals surface area contributed by atoms with Crippen molar-refractivity contribution >= 4 is 23.7 Å². The number of benzene rings is 2. The number of ketones is 2. The number of carbonyl (C=O) groups excluding carboxylic acids is 2. The van der Waals surface area contributed by atoms with Crippen molar-refractivity contribution in [2.75, 3.05) is 0 Å². The molecule has 2 aromatic rings. The number of Topliss-reactive ketones (excluding diaryl/α,β-unsaturated/α-hetero) is 1. The molecule has 140 valence electrons. The zero-order chi connectivity index (χ0) is 20.1. The SMILES string of the molecule is C/C(=C\c1cc(C)c(O)c(O)c1)C(=O)CC(=O)/C=C/c1ccc(O)c(O)c1. The molecule has 0 unspecified atom stereocenters. The first-order chi connectivity index (χ1) is 12.7. The Kier molecular flexibility index (Phi) is 6.03. The summed E-state index contributed by atoms with van der Waals surface area (Å²) in [6.45, 7) is 3.19. The van der Waals surface area contributed by atoms with E-state index in [1.165, 1.54) is 42.5 Å². The Bertz CT molecular complexity index is 930. The Labute approximate surface area is 156 Å². The van der Waals surface area contributed by atoms with Gasteiger partial charge >= 0.3 is 0 Å². The normalized spacial score (nSPS) is 11.7. The minimum atomic E-state index is -0.412. The quantitative estimate of drug-likeness (QED) is 0.353. The van der Waals surface area contributed by atoms with Crippen molar-refractivity contribution in [2.24, 2.45) is 0 Å².